The van der Waals surface area contributed by atoms with Crippen molar-refractivity contribution in [2.45, 2.75) is 30.8 Å². The van der Waals surface area contributed by atoms with Crippen LogP contribution in [0.5, 0.6) is 0 Å². The number of likely N-dealkylation sites (tertiary alicyclic amines) is 1. The zero-order valence-electron chi connectivity index (χ0n) is 9.11. The molecule has 0 radical (unpaired) electrons. The van der Waals surface area contributed by atoms with Crippen LogP contribution in [-0.4, -0.2) is 53.1 Å². The molecule has 2 heterocycles. The third-order valence-electron chi connectivity index (χ3n) is 3.52. The summed E-state index contributed by atoms with van der Waals surface area (Å²) < 4.78 is 0. The highest BCUT2D eigenvalue weighted by molar-refractivity contribution is 5.95. The minimum absolute atomic E-state index is 0.0801. The van der Waals surface area contributed by atoms with Gasteiger partial charge in [0.2, 0.25) is 11.8 Å². The Hall–Kier alpha value is -1.14. The van der Waals surface area contributed by atoms with E-state index in [9.17, 15) is 9.59 Å². The standard InChI is InChI=1S/C10H17N3O3/c11-7(6-14)8(15)13-5-1-2-10(13)3-4-12-9(10)16/h7,14H,1-6,11H2,(H,12,16)/t7-,10?/m0/s1. The molecule has 6 heteroatoms. The van der Waals surface area contributed by atoms with Crippen LogP contribution in [0.25, 0.3) is 0 Å². The van der Waals surface area contributed by atoms with Gasteiger partial charge in [0.05, 0.1) is 6.61 Å². The summed E-state index contributed by atoms with van der Waals surface area (Å²) in [4.78, 5) is 25.3. The fraction of sp³-hybridized carbons (Fsp3) is 0.800. The van der Waals surface area contributed by atoms with Gasteiger partial charge in [-0.2, -0.15) is 0 Å². The second-order valence-electron chi connectivity index (χ2n) is 4.42. The number of nitrogens with two attached hydrogens (primary N) is 1. The number of carbonyl (C=O) groups excluding carboxylic acids is 2. The molecule has 2 aliphatic rings. The second-order valence-corrected chi connectivity index (χ2v) is 4.42. The van der Waals surface area contributed by atoms with Crippen LogP contribution >= 0.6 is 0 Å². The molecule has 0 aliphatic carbocycles. The number of nitrogens with zero attached hydrogens (tertiary/aromatic N) is 1. The number of rotatable bonds is 2. The van der Waals surface area contributed by atoms with Crippen molar-refractivity contribution in [1.82, 2.24) is 10.2 Å². The lowest BCUT2D eigenvalue weighted by Gasteiger charge is -2.33. The third kappa shape index (κ3) is 1.49. The lowest BCUT2D eigenvalue weighted by Crippen LogP contribution is -2.57. The Balaban J connectivity index is 2.21. The van der Waals surface area contributed by atoms with Gasteiger partial charge in [-0.05, 0) is 19.3 Å². The van der Waals surface area contributed by atoms with Gasteiger partial charge in [-0.3, -0.25) is 9.59 Å². The second kappa shape index (κ2) is 4.03. The first kappa shape index (κ1) is 11.3. The highest BCUT2D eigenvalue weighted by Gasteiger charge is 2.52. The molecular formula is C10H17N3O3. The molecule has 6 nitrogen and oxygen atoms in total. The van der Waals surface area contributed by atoms with Crippen molar-refractivity contribution in [3.63, 3.8) is 0 Å². The van der Waals surface area contributed by atoms with E-state index in [0.717, 1.165) is 6.42 Å². The zero-order chi connectivity index (χ0) is 11.8. The summed E-state index contributed by atoms with van der Waals surface area (Å²) in [5.41, 5.74) is 4.83. The van der Waals surface area contributed by atoms with Crippen LogP contribution in [-0.2, 0) is 9.59 Å². The van der Waals surface area contributed by atoms with Gasteiger partial charge >= 0.3 is 0 Å². The minimum atomic E-state index is -0.914. The molecule has 16 heavy (non-hydrogen) atoms. The van der Waals surface area contributed by atoms with Gasteiger partial charge in [-0.1, -0.05) is 0 Å². The van der Waals surface area contributed by atoms with Crippen molar-refractivity contribution in [1.29, 1.82) is 0 Å². The first-order valence-electron chi connectivity index (χ1n) is 5.58. The largest absolute Gasteiger partial charge is 0.394 e. The molecule has 2 rings (SSSR count). The molecule has 2 saturated heterocycles. The number of aliphatic hydroxyl groups is 1. The van der Waals surface area contributed by atoms with Crippen molar-refractivity contribution >= 4 is 11.8 Å². The lowest BCUT2D eigenvalue weighted by molar-refractivity contribution is -0.144. The van der Waals surface area contributed by atoms with Gasteiger partial charge < -0.3 is 21.1 Å². The van der Waals surface area contributed by atoms with Crippen molar-refractivity contribution in [3.05, 3.63) is 0 Å². The molecule has 4 N–H and O–H groups in total. The monoisotopic (exact) mass is 227 g/mol. The smallest absolute Gasteiger partial charge is 0.246 e. The van der Waals surface area contributed by atoms with E-state index in [1.165, 1.54) is 0 Å². The van der Waals surface area contributed by atoms with E-state index in [1.807, 2.05) is 0 Å². The first-order valence-corrected chi connectivity index (χ1v) is 5.58. The van der Waals surface area contributed by atoms with E-state index >= 15 is 0 Å². The highest BCUT2D eigenvalue weighted by atomic mass is 16.3. The van der Waals surface area contributed by atoms with E-state index in [4.69, 9.17) is 10.8 Å². The quantitative estimate of drug-likeness (QED) is 0.518. The molecule has 2 aliphatic heterocycles. The molecule has 1 spiro atoms. The molecule has 0 aromatic rings. The normalized spacial score (nSPS) is 30.9. The van der Waals surface area contributed by atoms with Crippen LogP contribution in [0.4, 0.5) is 0 Å². The fourth-order valence-corrected chi connectivity index (χ4v) is 2.63. The summed E-state index contributed by atoms with van der Waals surface area (Å²) in [6.07, 6.45) is 2.16. The number of aliphatic hydroxyl groups excluding tert-OH is 1. The van der Waals surface area contributed by atoms with Crippen LogP contribution < -0.4 is 11.1 Å². The molecule has 0 saturated carbocycles. The topological polar surface area (TPSA) is 95.7 Å². The summed E-state index contributed by atoms with van der Waals surface area (Å²) in [5.74, 6) is -0.402. The molecule has 2 amide bonds. The molecular weight excluding hydrogens is 210 g/mol. The van der Waals surface area contributed by atoms with Crippen LogP contribution in [0, 0.1) is 0 Å². The van der Waals surface area contributed by atoms with E-state index in [0.29, 0.717) is 25.9 Å². The van der Waals surface area contributed by atoms with Crippen molar-refractivity contribution in [3.8, 4) is 0 Å². The minimum Gasteiger partial charge on any atom is -0.394 e. The average molecular weight is 227 g/mol. The summed E-state index contributed by atoms with van der Waals surface area (Å²) in [7, 11) is 0. The van der Waals surface area contributed by atoms with Crippen molar-refractivity contribution in [2.75, 3.05) is 19.7 Å². The molecule has 1 unspecified atom stereocenters. The molecule has 0 aromatic carbocycles. The van der Waals surface area contributed by atoms with E-state index in [-0.39, 0.29) is 18.4 Å². The number of amides is 2. The van der Waals surface area contributed by atoms with Gasteiger partial charge in [0, 0.05) is 13.1 Å². The Morgan fingerprint density at radius 2 is 2.38 bits per heavy atom. The Bertz CT molecular complexity index is 316. The van der Waals surface area contributed by atoms with E-state index in [2.05, 4.69) is 5.32 Å². The summed E-state index contributed by atoms with van der Waals surface area (Å²) >= 11 is 0. The molecule has 0 bridgehead atoms. The summed E-state index contributed by atoms with van der Waals surface area (Å²) in [5, 5.41) is 11.6. The van der Waals surface area contributed by atoms with E-state index < -0.39 is 11.6 Å². The molecule has 2 fully saturated rings. The highest BCUT2D eigenvalue weighted by Crippen LogP contribution is 2.35. The van der Waals surface area contributed by atoms with Crippen LogP contribution in [0.15, 0.2) is 0 Å². The maximum Gasteiger partial charge on any atom is 0.246 e. The maximum absolute atomic E-state index is 11.9. The predicted octanol–water partition coefficient (Wildman–Crippen LogP) is -1.81. The van der Waals surface area contributed by atoms with Crippen LogP contribution in [0.2, 0.25) is 0 Å². The summed E-state index contributed by atoms with van der Waals surface area (Å²) in [6.45, 7) is 0.782. The molecule has 2 atom stereocenters. The molecule has 0 aromatic heterocycles. The number of carbonyl (C=O) groups is 2. The number of hydrogen-bond donors (Lipinski definition) is 3. The zero-order valence-corrected chi connectivity index (χ0v) is 9.11. The van der Waals surface area contributed by atoms with Crippen LogP contribution in [0.3, 0.4) is 0 Å². The fourth-order valence-electron chi connectivity index (χ4n) is 2.63. The van der Waals surface area contributed by atoms with Gasteiger partial charge in [-0.25, -0.2) is 0 Å². The van der Waals surface area contributed by atoms with Gasteiger partial charge in [0.1, 0.15) is 11.6 Å². The average Bonchev–Trinajstić information content (AvgIpc) is 2.86. The Kier molecular flexibility index (Phi) is 2.86. The Morgan fingerprint density at radius 1 is 1.62 bits per heavy atom. The predicted molar refractivity (Wildman–Crippen MR) is 56.4 cm³/mol. The SMILES string of the molecule is N[C@@H](CO)C(=O)N1CCCC12CCNC2=O. The third-order valence-corrected chi connectivity index (χ3v) is 3.52. The van der Waals surface area contributed by atoms with Gasteiger partial charge in [-0.15, -0.1) is 0 Å². The maximum atomic E-state index is 11.9. The number of nitrogens with one attached hydrogen (secondary N) is 1. The van der Waals surface area contributed by atoms with E-state index in [1.54, 1.807) is 4.90 Å². The first-order chi connectivity index (χ1) is 7.62. The Morgan fingerprint density at radius 3 is 2.94 bits per heavy atom. The Labute approximate surface area is 93.8 Å². The van der Waals surface area contributed by atoms with Gasteiger partial charge in [0.15, 0.2) is 0 Å². The molecule has 90 valence electrons. The van der Waals surface area contributed by atoms with Crippen LogP contribution in [0.1, 0.15) is 19.3 Å². The van der Waals surface area contributed by atoms with Crippen molar-refractivity contribution < 1.29 is 14.7 Å². The van der Waals surface area contributed by atoms with Gasteiger partial charge in [0.25, 0.3) is 0 Å². The lowest BCUT2D eigenvalue weighted by atomic mass is 9.94. The summed E-state index contributed by atoms with van der Waals surface area (Å²) in [6, 6.07) is -0.914. The number of hydrogen-bond acceptors (Lipinski definition) is 4. The van der Waals surface area contributed by atoms with Crippen molar-refractivity contribution in [2.24, 2.45) is 5.73 Å².